The summed E-state index contributed by atoms with van der Waals surface area (Å²) in [5.74, 6) is 0.0141. The van der Waals surface area contributed by atoms with Gasteiger partial charge in [0.2, 0.25) is 0 Å². The second kappa shape index (κ2) is 10.7. The third kappa shape index (κ3) is 6.71. The van der Waals surface area contributed by atoms with Gasteiger partial charge in [-0.25, -0.2) is 9.78 Å². The lowest BCUT2D eigenvalue weighted by atomic mass is 10.1. The Morgan fingerprint density at radius 3 is 2.45 bits per heavy atom. The van der Waals surface area contributed by atoms with Crippen LogP contribution < -0.4 is 9.47 Å². The zero-order valence-electron chi connectivity index (χ0n) is 18.2. The molecular weight excluding hydrogens is 455 g/mol. The summed E-state index contributed by atoms with van der Waals surface area (Å²) in [6, 6.07) is 10.1. The number of ether oxygens (including phenoxy) is 2. The largest absolute Gasteiger partial charge is 0.488 e. The zero-order chi connectivity index (χ0) is 24.0. The highest BCUT2D eigenvalue weighted by Crippen LogP contribution is 2.34. The van der Waals surface area contributed by atoms with Gasteiger partial charge in [0.05, 0.1) is 16.1 Å². The van der Waals surface area contributed by atoms with Gasteiger partial charge in [0.15, 0.2) is 6.61 Å². The van der Waals surface area contributed by atoms with E-state index in [-0.39, 0.29) is 6.61 Å². The molecule has 0 atom stereocenters. The van der Waals surface area contributed by atoms with Crippen molar-refractivity contribution in [1.29, 1.82) is 0 Å². The first-order valence-corrected chi connectivity index (χ1v) is 11.2. The Labute approximate surface area is 193 Å². The van der Waals surface area contributed by atoms with E-state index in [1.165, 1.54) is 23.5 Å². The Hall–Kier alpha value is -3.07. The normalized spacial score (nSPS) is 11.4. The van der Waals surface area contributed by atoms with Gasteiger partial charge in [-0.2, -0.15) is 13.2 Å². The summed E-state index contributed by atoms with van der Waals surface area (Å²) in [5, 5.41) is 9.40. The molecule has 0 aliphatic carbocycles. The molecule has 1 aromatic heterocycles. The Morgan fingerprint density at radius 2 is 1.85 bits per heavy atom. The van der Waals surface area contributed by atoms with E-state index in [1.54, 1.807) is 25.1 Å². The van der Waals surface area contributed by atoms with Crippen molar-refractivity contribution in [1.82, 2.24) is 4.98 Å². The average Bonchev–Trinajstić information content (AvgIpc) is 3.18. The molecule has 0 radical (unpaired) electrons. The monoisotopic (exact) mass is 479 g/mol. The molecular formula is C24H24F3NO4S. The van der Waals surface area contributed by atoms with Crippen molar-refractivity contribution in [3.8, 4) is 22.1 Å². The van der Waals surface area contributed by atoms with Crippen LogP contribution in [0.4, 0.5) is 13.2 Å². The number of rotatable bonds is 10. The number of thiazole rings is 1. The minimum atomic E-state index is -4.38. The Kier molecular flexibility index (Phi) is 7.97. The number of nitrogens with zero attached hydrogens (tertiary/aromatic N) is 1. The quantitative estimate of drug-likeness (QED) is 0.358. The summed E-state index contributed by atoms with van der Waals surface area (Å²) >= 11 is 1.41. The van der Waals surface area contributed by atoms with Gasteiger partial charge in [-0.1, -0.05) is 25.5 Å². The SMILES string of the molecule is CCCCc1nc(-c2ccc(C(F)(F)F)cc2)sc1COc1ccc(OCC(=O)O)c(C)c1. The van der Waals surface area contributed by atoms with E-state index in [2.05, 4.69) is 11.9 Å². The third-order valence-electron chi connectivity index (χ3n) is 4.87. The summed E-state index contributed by atoms with van der Waals surface area (Å²) < 4.78 is 49.7. The van der Waals surface area contributed by atoms with Gasteiger partial charge in [-0.3, -0.25) is 0 Å². The highest BCUT2D eigenvalue weighted by Gasteiger charge is 2.30. The van der Waals surface area contributed by atoms with Crippen LogP contribution in [0.2, 0.25) is 0 Å². The zero-order valence-corrected chi connectivity index (χ0v) is 19.1. The van der Waals surface area contributed by atoms with Crippen molar-refractivity contribution >= 4 is 17.3 Å². The first kappa shape index (κ1) is 24.6. The number of carbonyl (C=O) groups is 1. The van der Waals surface area contributed by atoms with Gasteiger partial charge in [-0.05, 0) is 55.7 Å². The minimum absolute atomic E-state index is 0.270. The van der Waals surface area contributed by atoms with E-state index >= 15 is 0 Å². The standard InChI is InChI=1S/C24H24F3NO4S/c1-3-4-5-19-21(13-31-18-10-11-20(15(2)12-18)32-14-22(29)30)33-23(28-19)16-6-8-17(9-7-16)24(25,26)27/h6-12H,3-5,13-14H2,1-2H3,(H,29,30). The van der Waals surface area contributed by atoms with E-state index in [0.29, 0.717) is 22.1 Å². The van der Waals surface area contributed by atoms with Gasteiger partial charge in [0, 0.05) is 5.56 Å². The van der Waals surface area contributed by atoms with Crippen LogP contribution in [0, 0.1) is 6.92 Å². The molecule has 2 aromatic carbocycles. The van der Waals surface area contributed by atoms with Gasteiger partial charge in [0.25, 0.3) is 0 Å². The van der Waals surface area contributed by atoms with E-state index < -0.39 is 24.3 Å². The number of hydrogen-bond donors (Lipinski definition) is 1. The smallest absolute Gasteiger partial charge is 0.416 e. The number of alkyl halides is 3. The van der Waals surface area contributed by atoms with Crippen molar-refractivity contribution in [3.05, 3.63) is 64.2 Å². The van der Waals surface area contributed by atoms with Crippen molar-refractivity contribution < 1.29 is 32.5 Å². The molecule has 0 bridgehead atoms. The van der Waals surface area contributed by atoms with E-state index in [4.69, 9.17) is 14.6 Å². The van der Waals surface area contributed by atoms with E-state index in [1.807, 2.05) is 0 Å². The maximum absolute atomic E-state index is 12.9. The first-order chi connectivity index (χ1) is 15.7. The van der Waals surface area contributed by atoms with Crippen molar-refractivity contribution in [2.75, 3.05) is 6.61 Å². The molecule has 3 aromatic rings. The number of hydrogen-bond acceptors (Lipinski definition) is 5. The fraction of sp³-hybridized carbons (Fsp3) is 0.333. The molecule has 0 amide bonds. The average molecular weight is 480 g/mol. The highest BCUT2D eigenvalue weighted by atomic mass is 32.1. The van der Waals surface area contributed by atoms with Gasteiger partial charge >= 0.3 is 12.1 Å². The predicted molar refractivity (Wildman–Crippen MR) is 120 cm³/mol. The van der Waals surface area contributed by atoms with E-state index in [0.717, 1.165) is 47.5 Å². The molecule has 0 saturated carbocycles. The Bertz CT molecular complexity index is 1090. The molecule has 0 spiro atoms. The lowest BCUT2D eigenvalue weighted by Crippen LogP contribution is -2.10. The second-order valence-electron chi connectivity index (χ2n) is 7.47. The number of unbranched alkanes of at least 4 members (excludes halogenated alkanes) is 1. The van der Waals surface area contributed by atoms with Crippen molar-refractivity contribution in [3.63, 3.8) is 0 Å². The Morgan fingerprint density at radius 1 is 1.12 bits per heavy atom. The molecule has 33 heavy (non-hydrogen) atoms. The predicted octanol–water partition coefficient (Wildman–Crippen LogP) is 6.52. The number of aliphatic carboxylic acids is 1. The molecule has 0 aliphatic rings. The number of aryl methyl sites for hydroxylation is 2. The summed E-state index contributed by atoms with van der Waals surface area (Å²) in [4.78, 5) is 16.3. The molecule has 3 rings (SSSR count). The molecule has 0 unspecified atom stereocenters. The Balaban J connectivity index is 1.76. The fourth-order valence-corrected chi connectivity index (χ4v) is 4.15. The summed E-state index contributed by atoms with van der Waals surface area (Å²) in [6.45, 7) is 3.73. The van der Waals surface area contributed by atoms with Crippen LogP contribution in [0.15, 0.2) is 42.5 Å². The van der Waals surface area contributed by atoms with E-state index in [9.17, 15) is 18.0 Å². The molecule has 9 heteroatoms. The molecule has 5 nitrogen and oxygen atoms in total. The van der Waals surface area contributed by atoms with Crippen LogP contribution in [0.25, 0.3) is 10.6 Å². The fourth-order valence-electron chi connectivity index (χ4n) is 3.12. The molecule has 1 heterocycles. The van der Waals surface area contributed by atoms with Gasteiger partial charge in [0.1, 0.15) is 23.1 Å². The third-order valence-corrected chi connectivity index (χ3v) is 5.99. The van der Waals surface area contributed by atoms with Crippen molar-refractivity contribution in [2.24, 2.45) is 0 Å². The van der Waals surface area contributed by atoms with Crippen LogP contribution in [-0.2, 0) is 24.0 Å². The van der Waals surface area contributed by atoms with Gasteiger partial charge in [-0.15, -0.1) is 11.3 Å². The number of carboxylic acid groups (broad SMARTS) is 1. The van der Waals surface area contributed by atoms with Crippen LogP contribution in [0.3, 0.4) is 0 Å². The lowest BCUT2D eigenvalue weighted by Gasteiger charge is -2.10. The lowest BCUT2D eigenvalue weighted by molar-refractivity contribution is -0.139. The van der Waals surface area contributed by atoms with Crippen LogP contribution in [-0.4, -0.2) is 22.7 Å². The summed E-state index contributed by atoms with van der Waals surface area (Å²) in [6.07, 6.45) is -1.69. The summed E-state index contributed by atoms with van der Waals surface area (Å²) in [5.41, 5.74) is 1.57. The highest BCUT2D eigenvalue weighted by molar-refractivity contribution is 7.15. The molecule has 0 aliphatic heterocycles. The van der Waals surface area contributed by atoms with Crippen LogP contribution in [0.5, 0.6) is 11.5 Å². The second-order valence-corrected chi connectivity index (χ2v) is 8.55. The topological polar surface area (TPSA) is 68.7 Å². The molecule has 0 saturated heterocycles. The maximum Gasteiger partial charge on any atom is 0.416 e. The number of benzene rings is 2. The number of halogens is 3. The number of carboxylic acids is 1. The first-order valence-electron chi connectivity index (χ1n) is 10.4. The summed E-state index contributed by atoms with van der Waals surface area (Å²) in [7, 11) is 0. The van der Waals surface area contributed by atoms with Crippen molar-refractivity contribution in [2.45, 2.75) is 45.9 Å². The number of aromatic nitrogens is 1. The minimum Gasteiger partial charge on any atom is -0.488 e. The van der Waals surface area contributed by atoms with Crippen LogP contribution >= 0.6 is 11.3 Å². The maximum atomic E-state index is 12.9. The van der Waals surface area contributed by atoms with Gasteiger partial charge < -0.3 is 14.6 Å². The molecule has 176 valence electrons. The molecule has 1 N–H and O–H groups in total. The molecule has 0 fully saturated rings. The van der Waals surface area contributed by atoms with Crippen LogP contribution in [0.1, 0.15) is 41.5 Å².